The SMILES string of the molecule is CCN(CCC#N)C1CCOC2(CCC2)C1. The number of ether oxygens (including phenoxy) is 1. The Kier molecular flexibility index (Phi) is 3.83. The topological polar surface area (TPSA) is 36.3 Å². The summed E-state index contributed by atoms with van der Waals surface area (Å²) in [6.45, 7) is 5.09. The molecule has 0 aromatic heterocycles. The summed E-state index contributed by atoms with van der Waals surface area (Å²) >= 11 is 0. The van der Waals surface area contributed by atoms with Crippen molar-refractivity contribution in [2.24, 2.45) is 0 Å². The smallest absolute Gasteiger partial charge is 0.0697 e. The Hall–Kier alpha value is -0.590. The van der Waals surface area contributed by atoms with Crippen molar-refractivity contribution in [1.29, 1.82) is 5.26 Å². The van der Waals surface area contributed by atoms with E-state index in [0.29, 0.717) is 12.5 Å². The van der Waals surface area contributed by atoms with E-state index < -0.39 is 0 Å². The third-order valence-electron chi connectivity index (χ3n) is 4.17. The summed E-state index contributed by atoms with van der Waals surface area (Å²) in [4.78, 5) is 2.46. The normalized spacial score (nSPS) is 27.7. The van der Waals surface area contributed by atoms with Gasteiger partial charge >= 0.3 is 0 Å². The molecule has 1 unspecified atom stereocenters. The number of hydrogen-bond donors (Lipinski definition) is 0. The summed E-state index contributed by atoms with van der Waals surface area (Å²) in [5.74, 6) is 0. The third-order valence-corrected chi connectivity index (χ3v) is 4.17. The lowest BCUT2D eigenvalue weighted by molar-refractivity contribution is -0.148. The molecule has 1 spiro atoms. The van der Waals surface area contributed by atoms with Crippen LogP contribution in [0.25, 0.3) is 0 Å². The van der Waals surface area contributed by atoms with Crippen molar-refractivity contribution in [2.75, 3.05) is 19.7 Å². The molecule has 2 fully saturated rings. The second-order valence-electron chi connectivity index (χ2n) is 5.07. The highest BCUT2D eigenvalue weighted by molar-refractivity contribution is 4.96. The van der Waals surface area contributed by atoms with E-state index in [-0.39, 0.29) is 5.60 Å². The van der Waals surface area contributed by atoms with Crippen LogP contribution in [0.1, 0.15) is 45.4 Å². The van der Waals surface area contributed by atoms with Crippen molar-refractivity contribution in [2.45, 2.75) is 57.1 Å². The maximum absolute atomic E-state index is 8.67. The van der Waals surface area contributed by atoms with Crippen LogP contribution in [0, 0.1) is 11.3 Å². The number of hydrogen-bond acceptors (Lipinski definition) is 3. The lowest BCUT2D eigenvalue weighted by Gasteiger charge is -2.49. The average molecular weight is 222 g/mol. The van der Waals surface area contributed by atoms with E-state index in [1.54, 1.807) is 0 Å². The Morgan fingerprint density at radius 3 is 2.88 bits per heavy atom. The minimum absolute atomic E-state index is 0.225. The van der Waals surface area contributed by atoms with Gasteiger partial charge in [-0.05, 0) is 38.6 Å². The van der Waals surface area contributed by atoms with Gasteiger partial charge in [-0.25, -0.2) is 0 Å². The molecule has 1 heterocycles. The van der Waals surface area contributed by atoms with Gasteiger partial charge < -0.3 is 4.74 Å². The van der Waals surface area contributed by atoms with E-state index in [2.05, 4.69) is 17.9 Å². The lowest BCUT2D eigenvalue weighted by Crippen LogP contribution is -2.52. The van der Waals surface area contributed by atoms with Gasteiger partial charge in [0.1, 0.15) is 0 Å². The van der Waals surface area contributed by atoms with Gasteiger partial charge in [-0.15, -0.1) is 0 Å². The molecule has 3 heteroatoms. The Morgan fingerprint density at radius 2 is 2.31 bits per heavy atom. The van der Waals surface area contributed by atoms with Crippen LogP contribution in [-0.4, -0.2) is 36.2 Å². The fourth-order valence-electron chi connectivity index (χ4n) is 3.03. The Labute approximate surface area is 98.4 Å². The Morgan fingerprint density at radius 1 is 1.50 bits per heavy atom. The number of nitrogens with zero attached hydrogens (tertiary/aromatic N) is 2. The molecule has 2 aliphatic rings. The molecule has 90 valence electrons. The summed E-state index contributed by atoms with van der Waals surface area (Å²) in [5, 5.41) is 8.67. The van der Waals surface area contributed by atoms with Crippen LogP contribution in [0.4, 0.5) is 0 Å². The highest BCUT2D eigenvalue weighted by Crippen LogP contribution is 2.43. The van der Waals surface area contributed by atoms with Crippen LogP contribution < -0.4 is 0 Å². The van der Waals surface area contributed by atoms with Crippen molar-refractivity contribution in [3.8, 4) is 6.07 Å². The Balaban J connectivity index is 1.89. The molecule has 16 heavy (non-hydrogen) atoms. The zero-order valence-electron chi connectivity index (χ0n) is 10.2. The van der Waals surface area contributed by atoms with Crippen molar-refractivity contribution < 1.29 is 4.74 Å². The predicted octanol–water partition coefficient (Wildman–Crippen LogP) is 2.32. The van der Waals surface area contributed by atoms with Crippen molar-refractivity contribution in [1.82, 2.24) is 4.90 Å². The molecule has 1 saturated heterocycles. The van der Waals surface area contributed by atoms with Crippen LogP contribution in [0.2, 0.25) is 0 Å². The minimum Gasteiger partial charge on any atom is -0.375 e. The standard InChI is InChI=1S/C13H22N2O/c1-2-15(9-4-8-14)12-5-10-16-13(11-12)6-3-7-13/h12H,2-7,9-11H2,1H3. The molecule has 3 nitrogen and oxygen atoms in total. The van der Waals surface area contributed by atoms with E-state index >= 15 is 0 Å². The molecular formula is C13H22N2O. The van der Waals surface area contributed by atoms with Crippen molar-refractivity contribution >= 4 is 0 Å². The van der Waals surface area contributed by atoms with Crippen molar-refractivity contribution in [3.05, 3.63) is 0 Å². The lowest BCUT2D eigenvalue weighted by atomic mass is 9.73. The Bertz CT molecular complexity index is 268. The fraction of sp³-hybridized carbons (Fsp3) is 0.923. The summed E-state index contributed by atoms with van der Waals surface area (Å²) in [6, 6.07) is 2.89. The zero-order valence-corrected chi connectivity index (χ0v) is 10.2. The van der Waals surface area contributed by atoms with Crippen LogP contribution in [0.5, 0.6) is 0 Å². The van der Waals surface area contributed by atoms with Gasteiger partial charge in [-0.3, -0.25) is 4.90 Å². The van der Waals surface area contributed by atoms with Gasteiger partial charge in [0.2, 0.25) is 0 Å². The van der Waals surface area contributed by atoms with Crippen LogP contribution in [-0.2, 0) is 4.74 Å². The van der Waals surface area contributed by atoms with Crippen molar-refractivity contribution in [3.63, 3.8) is 0 Å². The van der Waals surface area contributed by atoms with Gasteiger partial charge in [0.05, 0.1) is 11.7 Å². The van der Waals surface area contributed by atoms with E-state index in [9.17, 15) is 0 Å². The van der Waals surface area contributed by atoms with Gasteiger partial charge in [0.15, 0.2) is 0 Å². The first-order valence-corrected chi connectivity index (χ1v) is 6.54. The number of nitriles is 1. The second-order valence-corrected chi connectivity index (χ2v) is 5.07. The molecule has 0 bridgehead atoms. The van der Waals surface area contributed by atoms with E-state index in [4.69, 9.17) is 10.00 Å². The predicted molar refractivity (Wildman–Crippen MR) is 63.0 cm³/mol. The molecule has 0 N–H and O–H groups in total. The van der Waals surface area contributed by atoms with Gasteiger partial charge in [0, 0.05) is 25.6 Å². The highest BCUT2D eigenvalue weighted by Gasteiger charge is 2.43. The molecule has 0 amide bonds. The maximum atomic E-state index is 8.67. The summed E-state index contributed by atoms with van der Waals surface area (Å²) in [6.07, 6.45) is 6.81. The molecule has 1 saturated carbocycles. The zero-order chi connectivity index (χ0) is 11.4. The van der Waals surface area contributed by atoms with Crippen LogP contribution in [0.3, 0.4) is 0 Å². The minimum atomic E-state index is 0.225. The molecule has 0 radical (unpaired) electrons. The molecular weight excluding hydrogens is 200 g/mol. The summed E-state index contributed by atoms with van der Waals surface area (Å²) < 4.78 is 5.94. The quantitative estimate of drug-likeness (QED) is 0.732. The number of rotatable bonds is 4. The van der Waals surface area contributed by atoms with E-state index in [1.807, 2.05) is 0 Å². The first-order chi connectivity index (χ1) is 7.79. The average Bonchev–Trinajstić information content (AvgIpc) is 2.28. The largest absolute Gasteiger partial charge is 0.375 e. The second kappa shape index (κ2) is 5.16. The molecule has 2 rings (SSSR count). The highest BCUT2D eigenvalue weighted by atomic mass is 16.5. The van der Waals surface area contributed by atoms with Crippen LogP contribution in [0.15, 0.2) is 0 Å². The van der Waals surface area contributed by atoms with Crippen LogP contribution >= 0.6 is 0 Å². The fourth-order valence-corrected chi connectivity index (χ4v) is 3.03. The molecule has 1 atom stereocenters. The van der Waals surface area contributed by atoms with Gasteiger partial charge in [0.25, 0.3) is 0 Å². The molecule has 1 aliphatic carbocycles. The first kappa shape index (κ1) is 11.9. The van der Waals surface area contributed by atoms with Gasteiger partial charge in [-0.1, -0.05) is 6.92 Å². The van der Waals surface area contributed by atoms with E-state index in [0.717, 1.165) is 26.1 Å². The molecule has 0 aromatic carbocycles. The van der Waals surface area contributed by atoms with Gasteiger partial charge in [-0.2, -0.15) is 5.26 Å². The maximum Gasteiger partial charge on any atom is 0.0697 e. The summed E-state index contributed by atoms with van der Waals surface area (Å²) in [7, 11) is 0. The third kappa shape index (κ3) is 2.39. The molecule has 0 aromatic rings. The monoisotopic (exact) mass is 222 g/mol. The summed E-state index contributed by atoms with van der Waals surface area (Å²) in [5.41, 5.74) is 0.225. The molecule has 1 aliphatic heterocycles. The van der Waals surface area contributed by atoms with E-state index in [1.165, 1.54) is 25.7 Å². The first-order valence-electron chi connectivity index (χ1n) is 6.54.